The number of ether oxygens (including phenoxy) is 3. The number of halogens is 1. The number of benzene rings is 2. The molecule has 0 saturated carbocycles. The van der Waals surface area contributed by atoms with Crippen LogP contribution in [-0.4, -0.2) is 45.5 Å². The first kappa shape index (κ1) is 21.9. The zero-order valence-electron chi connectivity index (χ0n) is 15.9. The van der Waals surface area contributed by atoms with Gasteiger partial charge in [0, 0.05) is 11.4 Å². The lowest BCUT2D eigenvalue weighted by atomic mass is 10.1. The molecule has 6 nitrogen and oxygen atoms in total. The molecule has 0 aliphatic carbocycles. The molecule has 2 aromatic rings. The second-order valence-corrected chi connectivity index (χ2v) is 7.00. The number of hydrogen-bond donors (Lipinski definition) is 1. The molecule has 0 aliphatic heterocycles. The van der Waals surface area contributed by atoms with Crippen molar-refractivity contribution in [2.45, 2.75) is 11.3 Å². The second kappa shape index (κ2) is 10.8. The van der Waals surface area contributed by atoms with Crippen molar-refractivity contribution in [2.75, 3.05) is 33.6 Å². The molecular formula is C20H22ClNO5S. The van der Waals surface area contributed by atoms with Crippen molar-refractivity contribution in [3.05, 3.63) is 52.5 Å². The summed E-state index contributed by atoms with van der Waals surface area (Å²) in [5.74, 6) is 0.262. The van der Waals surface area contributed by atoms with Crippen LogP contribution in [0.25, 0.3) is 0 Å². The molecule has 0 aliphatic rings. The maximum atomic E-state index is 12.1. The van der Waals surface area contributed by atoms with Crippen molar-refractivity contribution < 1.29 is 23.8 Å². The van der Waals surface area contributed by atoms with E-state index in [1.54, 1.807) is 26.4 Å². The lowest BCUT2D eigenvalue weighted by Crippen LogP contribution is -2.30. The standard InChI is InChI=1S/C20H22ClNO5S/c1-25-17-7-4-13(10-18(17)26-2)8-9-22-19(23)12-27-20(24)15-11-14(28-3)5-6-16(15)21/h4-7,10-11H,8-9,12H2,1-3H3,(H,22,23). The Hall–Kier alpha value is -2.38. The van der Waals surface area contributed by atoms with Crippen molar-refractivity contribution in [1.82, 2.24) is 5.32 Å². The van der Waals surface area contributed by atoms with E-state index >= 15 is 0 Å². The third kappa shape index (κ3) is 6.07. The molecule has 0 radical (unpaired) electrons. The van der Waals surface area contributed by atoms with E-state index in [9.17, 15) is 9.59 Å². The number of methoxy groups -OCH3 is 2. The van der Waals surface area contributed by atoms with Gasteiger partial charge in [0.1, 0.15) is 0 Å². The van der Waals surface area contributed by atoms with E-state index in [1.807, 2.05) is 30.5 Å². The summed E-state index contributed by atoms with van der Waals surface area (Å²) < 4.78 is 15.5. The van der Waals surface area contributed by atoms with E-state index in [0.717, 1.165) is 10.5 Å². The summed E-state index contributed by atoms with van der Waals surface area (Å²) in [7, 11) is 3.14. The summed E-state index contributed by atoms with van der Waals surface area (Å²) in [6.07, 6.45) is 2.49. The van der Waals surface area contributed by atoms with Gasteiger partial charge in [-0.1, -0.05) is 17.7 Å². The van der Waals surface area contributed by atoms with Gasteiger partial charge in [0.05, 0.1) is 24.8 Å². The lowest BCUT2D eigenvalue weighted by Gasteiger charge is -2.10. The highest BCUT2D eigenvalue weighted by molar-refractivity contribution is 7.98. The summed E-state index contributed by atoms with van der Waals surface area (Å²) in [5, 5.41) is 3.00. The molecule has 0 bridgehead atoms. The van der Waals surface area contributed by atoms with Crippen LogP contribution in [0.1, 0.15) is 15.9 Å². The minimum absolute atomic E-state index is 0.242. The summed E-state index contributed by atoms with van der Waals surface area (Å²) in [6.45, 7) is 0.0270. The van der Waals surface area contributed by atoms with Gasteiger partial charge in [-0.2, -0.15) is 0 Å². The van der Waals surface area contributed by atoms with Crippen LogP contribution in [0.4, 0.5) is 0 Å². The maximum absolute atomic E-state index is 12.1. The molecule has 28 heavy (non-hydrogen) atoms. The normalized spacial score (nSPS) is 10.3. The molecule has 0 saturated heterocycles. The van der Waals surface area contributed by atoms with Gasteiger partial charge in [0.2, 0.25) is 0 Å². The smallest absolute Gasteiger partial charge is 0.340 e. The zero-order valence-corrected chi connectivity index (χ0v) is 17.5. The Labute approximate surface area is 173 Å². The predicted octanol–water partition coefficient (Wildman–Crippen LogP) is 3.59. The maximum Gasteiger partial charge on any atom is 0.340 e. The molecular weight excluding hydrogens is 402 g/mol. The Morgan fingerprint density at radius 3 is 2.50 bits per heavy atom. The van der Waals surface area contributed by atoms with Crippen LogP contribution in [0, 0.1) is 0 Å². The molecule has 0 fully saturated rings. The molecule has 0 spiro atoms. The fourth-order valence-electron chi connectivity index (χ4n) is 2.43. The molecule has 2 aromatic carbocycles. The van der Waals surface area contributed by atoms with Crippen LogP contribution in [0.3, 0.4) is 0 Å². The average Bonchev–Trinajstić information content (AvgIpc) is 2.72. The highest BCUT2D eigenvalue weighted by Gasteiger charge is 2.14. The zero-order chi connectivity index (χ0) is 20.5. The van der Waals surface area contributed by atoms with Crippen LogP contribution >= 0.6 is 23.4 Å². The Balaban J connectivity index is 1.81. The van der Waals surface area contributed by atoms with Crippen LogP contribution in [-0.2, 0) is 16.0 Å². The first-order valence-corrected chi connectivity index (χ1v) is 10.1. The number of rotatable bonds is 9. The van der Waals surface area contributed by atoms with Crippen molar-refractivity contribution in [1.29, 1.82) is 0 Å². The molecule has 150 valence electrons. The third-order valence-electron chi connectivity index (χ3n) is 3.91. The van der Waals surface area contributed by atoms with Crippen LogP contribution in [0.2, 0.25) is 5.02 Å². The number of carbonyl (C=O) groups is 2. The molecule has 0 heterocycles. The van der Waals surface area contributed by atoms with Crippen LogP contribution < -0.4 is 14.8 Å². The van der Waals surface area contributed by atoms with E-state index in [2.05, 4.69) is 5.32 Å². The molecule has 1 N–H and O–H groups in total. The highest BCUT2D eigenvalue weighted by atomic mass is 35.5. The largest absolute Gasteiger partial charge is 0.493 e. The minimum atomic E-state index is -0.629. The van der Waals surface area contributed by atoms with E-state index in [4.69, 9.17) is 25.8 Å². The van der Waals surface area contributed by atoms with E-state index in [-0.39, 0.29) is 23.1 Å². The Bertz CT molecular complexity index is 843. The number of thioether (sulfide) groups is 1. The third-order valence-corrected chi connectivity index (χ3v) is 4.97. The van der Waals surface area contributed by atoms with Crippen LogP contribution in [0.15, 0.2) is 41.3 Å². The first-order chi connectivity index (χ1) is 13.5. The number of carbonyl (C=O) groups excluding carboxylic acids is 2. The topological polar surface area (TPSA) is 73.9 Å². The molecule has 2 rings (SSSR count). The fourth-order valence-corrected chi connectivity index (χ4v) is 3.06. The Morgan fingerprint density at radius 1 is 1.07 bits per heavy atom. The van der Waals surface area contributed by atoms with Gasteiger partial charge in [0.25, 0.3) is 5.91 Å². The van der Waals surface area contributed by atoms with Crippen molar-refractivity contribution in [3.63, 3.8) is 0 Å². The second-order valence-electron chi connectivity index (χ2n) is 5.71. The average molecular weight is 424 g/mol. The summed E-state index contributed by atoms with van der Waals surface area (Å²) >= 11 is 7.52. The quantitative estimate of drug-likeness (QED) is 0.490. The molecule has 0 atom stereocenters. The van der Waals surface area contributed by atoms with Gasteiger partial charge in [-0.05, 0) is 48.6 Å². The molecule has 0 unspecified atom stereocenters. The summed E-state index contributed by atoms with van der Waals surface area (Å²) in [6, 6.07) is 10.6. The highest BCUT2D eigenvalue weighted by Crippen LogP contribution is 2.27. The number of esters is 1. The summed E-state index contributed by atoms with van der Waals surface area (Å²) in [4.78, 5) is 25.0. The molecule has 1 amide bonds. The van der Waals surface area contributed by atoms with Crippen molar-refractivity contribution >= 4 is 35.2 Å². The number of nitrogens with one attached hydrogen (secondary N) is 1. The van der Waals surface area contributed by atoms with E-state index in [1.165, 1.54) is 11.8 Å². The molecule has 8 heteroatoms. The molecule has 0 aromatic heterocycles. The van der Waals surface area contributed by atoms with Gasteiger partial charge >= 0.3 is 5.97 Å². The van der Waals surface area contributed by atoms with Gasteiger partial charge in [0.15, 0.2) is 18.1 Å². The monoisotopic (exact) mass is 423 g/mol. The summed E-state index contributed by atoms with van der Waals surface area (Å²) in [5.41, 5.74) is 1.22. The predicted molar refractivity (Wildman–Crippen MR) is 110 cm³/mol. The van der Waals surface area contributed by atoms with Crippen molar-refractivity contribution in [2.24, 2.45) is 0 Å². The Morgan fingerprint density at radius 2 is 1.82 bits per heavy atom. The minimum Gasteiger partial charge on any atom is -0.493 e. The van der Waals surface area contributed by atoms with Gasteiger partial charge in [-0.25, -0.2) is 4.79 Å². The van der Waals surface area contributed by atoms with Gasteiger partial charge in [-0.15, -0.1) is 11.8 Å². The number of amides is 1. The van der Waals surface area contributed by atoms with E-state index in [0.29, 0.717) is 24.5 Å². The van der Waals surface area contributed by atoms with Gasteiger partial charge < -0.3 is 19.5 Å². The first-order valence-electron chi connectivity index (χ1n) is 8.46. The van der Waals surface area contributed by atoms with E-state index < -0.39 is 5.97 Å². The Kier molecular flexibility index (Phi) is 8.47. The lowest BCUT2D eigenvalue weighted by molar-refractivity contribution is -0.124. The fraction of sp³-hybridized carbons (Fsp3) is 0.300. The van der Waals surface area contributed by atoms with Gasteiger partial charge in [-0.3, -0.25) is 4.79 Å². The van der Waals surface area contributed by atoms with Crippen LogP contribution in [0.5, 0.6) is 11.5 Å². The SMILES string of the molecule is COc1ccc(CCNC(=O)COC(=O)c2cc(SC)ccc2Cl)cc1OC. The number of hydrogen-bond acceptors (Lipinski definition) is 6. The van der Waals surface area contributed by atoms with Crippen molar-refractivity contribution in [3.8, 4) is 11.5 Å².